The summed E-state index contributed by atoms with van der Waals surface area (Å²) in [5, 5.41) is 39.1. The number of nitrogens with two attached hydrogens (primary N) is 1. The number of thioether (sulfide) groups is 1. The van der Waals surface area contributed by atoms with Crippen molar-refractivity contribution in [2.24, 2.45) is 5.73 Å². The van der Waals surface area contributed by atoms with E-state index in [4.69, 9.17) is 5.73 Å². The molecule has 65 heavy (non-hydrogen) atoms. The molecule has 18 nitrogen and oxygen atoms in total. The topological polar surface area (TPSA) is 274 Å². The van der Waals surface area contributed by atoms with Crippen molar-refractivity contribution in [3.63, 3.8) is 0 Å². The van der Waals surface area contributed by atoms with Gasteiger partial charge in [0.05, 0.1) is 12.3 Å². The Hall–Kier alpha value is -6.51. The number of nitrogens with zero attached hydrogens (tertiary/aromatic N) is 2. The molecule has 6 rings (SSSR count). The number of phenols is 1. The van der Waals surface area contributed by atoms with Gasteiger partial charge in [-0.05, 0) is 48.6 Å². The summed E-state index contributed by atoms with van der Waals surface area (Å²) in [5.41, 5.74) is 8.40. The highest BCUT2D eigenvalue weighted by molar-refractivity contribution is 7.98. The maximum Gasteiger partial charge on any atom is 0.245 e. The van der Waals surface area contributed by atoms with Crippen molar-refractivity contribution in [2.45, 2.75) is 87.1 Å². The smallest absolute Gasteiger partial charge is 0.245 e. The van der Waals surface area contributed by atoms with Gasteiger partial charge < -0.3 is 52.7 Å². The molecular formula is C45H53N9O9S2. The van der Waals surface area contributed by atoms with E-state index in [0.29, 0.717) is 34.1 Å². The van der Waals surface area contributed by atoms with E-state index in [2.05, 4.69) is 36.9 Å². The Morgan fingerprint density at radius 3 is 1.83 bits per heavy atom. The van der Waals surface area contributed by atoms with E-state index >= 15 is 0 Å². The number of rotatable bonds is 8. The number of nitrogens with one attached hydrogen (secondary N) is 6. The second kappa shape index (κ2) is 22.9. The van der Waals surface area contributed by atoms with Gasteiger partial charge in [0.25, 0.3) is 0 Å². The van der Waals surface area contributed by atoms with E-state index in [1.807, 2.05) is 30.3 Å². The lowest BCUT2D eigenvalue weighted by Crippen LogP contribution is -2.60. The molecule has 3 heterocycles. The summed E-state index contributed by atoms with van der Waals surface area (Å²) in [6.45, 7) is 0.850. The van der Waals surface area contributed by atoms with Crippen molar-refractivity contribution in [2.75, 3.05) is 24.2 Å². The second-order valence-corrected chi connectivity index (χ2v) is 17.7. The zero-order valence-corrected chi connectivity index (χ0v) is 37.2. The average molecular weight is 928 g/mol. The number of phenolic OH excluding ortho intramolecular Hbond substituents is 1. The fraction of sp³-hybridized carbons (Fsp3) is 0.378. The van der Waals surface area contributed by atoms with Crippen molar-refractivity contribution >= 4 is 69.6 Å². The average Bonchev–Trinajstić information content (AvgIpc) is 3.98. The summed E-state index contributed by atoms with van der Waals surface area (Å²) in [6, 6.07) is 15.6. The van der Waals surface area contributed by atoms with Gasteiger partial charge in [-0.3, -0.25) is 33.6 Å². The third-order valence-electron chi connectivity index (χ3n) is 11.0. The molecule has 1 fully saturated rings. The van der Waals surface area contributed by atoms with Crippen molar-refractivity contribution in [3.8, 4) is 5.75 Å². The molecule has 0 radical (unpaired) electrons. The molecular weight excluding hydrogens is 875 g/mol. The molecule has 7 atom stereocenters. The highest BCUT2D eigenvalue weighted by Crippen LogP contribution is 2.23. The molecule has 2 aliphatic heterocycles. The monoisotopic (exact) mass is 927 g/mol. The standard InChI is InChI=1S/C45H53N9O9S2/c1-26-44(63)54-18-8-13-37(54)43(62)50-33(21-29-14-16-31(56)17-15-29)40(59)51-35(22-55)42(61)49-32(19-27-9-4-2-5-10-27)41(60)52-36(38(46)57)25-64-23-30-24-65-45(48-30)53-34(39(58)47-26)20-28-11-6-3-7-12-28/h2-7,9-12,14-17,24,26,32-37,55-56H,8,13,18-23,25H2,1H3,(H2,46,57)(H,47,58)(H,48,53)(H,49,61)(H,50,62)(H,51,59)(H,52,60)/t26-,32-,33-,34-,35-,36+,37-/m0/s1. The number of hydrogen-bond donors (Lipinski definition) is 9. The van der Waals surface area contributed by atoms with Crippen LogP contribution in [0.2, 0.25) is 0 Å². The minimum absolute atomic E-state index is 0.0320. The number of aromatic nitrogens is 1. The number of carbonyl (C=O) groups excluding carboxylic acids is 7. The van der Waals surface area contributed by atoms with E-state index in [9.17, 15) is 43.8 Å². The number of primary amides is 1. The molecule has 344 valence electrons. The summed E-state index contributed by atoms with van der Waals surface area (Å²) < 4.78 is 0. The maximum atomic E-state index is 14.1. The van der Waals surface area contributed by atoms with Crippen LogP contribution < -0.4 is 37.6 Å². The number of aliphatic hydroxyl groups is 1. The largest absolute Gasteiger partial charge is 0.508 e. The molecule has 2 bridgehead atoms. The van der Waals surface area contributed by atoms with Crippen LogP contribution in [0.15, 0.2) is 90.3 Å². The van der Waals surface area contributed by atoms with E-state index in [1.54, 1.807) is 47.8 Å². The zero-order chi connectivity index (χ0) is 46.5. The third kappa shape index (κ3) is 13.5. The first-order chi connectivity index (χ1) is 31.3. The van der Waals surface area contributed by atoms with Crippen LogP contribution in [-0.2, 0) is 58.6 Å². The molecule has 1 aromatic heterocycles. The summed E-state index contributed by atoms with van der Waals surface area (Å²) in [7, 11) is 0. The second-order valence-electron chi connectivity index (χ2n) is 15.9. The fourth-order valence-electron chi connectivity index (χ4n) is 7.47. The third-order valence-corrected chi connectivity index (χ3v) is 12.8. The Morgan fingerprint density at radius 1 is 0.708 bits per heavy atom. The van der Waals surface area contributed by atoms with Gasteiger partial charge in [-0.1, -0.05) is 72.8 Å². The van der Waals surface area contributed by atoms with Crippen molar-refractivity contribution < 1.29 is 43.8 Å². The minimum Gasteiger partial charge on any atom is -0.508 e. The Balaban J connectivity index is 1.31. The molecule has 0 aliphatic carbocycles. The number of fused-ring (bicyclic) bond motifs is 3. The molecule has 7 amide bonds. The van der Waals surface area contributed by atoms with Gasteiger partial charge in [-0.2, -0.15) is 11.8 Å². The first kappa shape index (κ1) is 48.0. The minimum atomic E-state index is -1.61. The quantitative estimate of drug-likeness (QED) is 0.117. The molecule has 4 aromatic rings. The molecule has 10 N–H and O–H groups in total. The molecule has 0 saturated carbocycles. The van der Waals surface area contributed by atoms with E-state index < -0.39 is 90.3 Å². The number of carbonyl (C=O) groups is 7. The molecule has 20 heteroatoms. The number of aliphatic hydroxyl groups excluding tert-OH is 1. The molecule has 3 aromatic carbocycles. The van der Waals surface area contributed by atoms with Crippen LogP contribution in [0.4, 0.5) is 5.13 Å². The van der Waals surface area contributed by atoms with Gasteiger partial charge in [0.2, 0.25) is 41.4 Å². The molecule has 0 unspecified atom stereocenters. The first-order valence-electron chi connectivity index (χ1n) is 21.1. The summed E-state index contributed by atoms with van der Waals surface area (Å²) in [4.78, 5) is 103. The maximum absolute atomic E-state index is 14.1. The van der Waals surface area contributed by atoms with Gasteiger partial charge in [0.15, 0.2) is 5.13 Å². The number of hydrogen-bond acceptors (Lipinski definition) is 13. The summed E-state index contributed by atoms with van der Waals surface area (Å²) >= 11 is 2.53. The molecule has 0 spiro atoms. The number of anilines is 1. The summed E-state index contributed by atoms with van der Waals surface area (Å²) in [5.74, 6) is -4.71. The predicted molar refractivity (Wildman–Crippen MR) is 244 cm³/mol. The van der Waals surface area contributed by atoms with Gasteiger partial charge in [-0.15, -0.1) is 11.3 Å². The highest BCUT2D eigenvalue weighted by atomic mass is 32.2. The summed E-state index contributed by atoms with van der Waals surface area (Å²) in [6.07, 6.45) is 0.826. The Bertz CT molecular complexity index is 2300. The normalized spacial score (nSPS) is 24.3. The Kier molecular flexibility index (Phi) is 16.9. The van der Waals surface area contributed by atoms with Crippen LogP contribution in [-0.4, -0.2) is 123 Å². The van der Waals surface area contributed by atoms with Gasteiger partial charge in [0.1, 0.15) is 48.0 Å². The number of aromatic hydroxyl groups is 1. The SMILES string of the molecule is C[C@@H]1NC(=O)[C@H](Cc2ccccc2)Nc2nc(cs2)CSC[C@H](C(N)=O)NC(=O)[C@H](Cc2ccccc2)NC(=O)[C@H](CO)NC(=O)[C@H](Cc2ccc(O)cc2)NC(=O)[C@@H]2CCCN2C1=O. The number of benzene rings is 3. The zero-order valence-electron chi connectivity index (χ0n) is 35.6. The van der Waals surface area contributed by atoms with Crippen molar-refractivity contribution in [1.29, 1.82) is 0 Å². The van der Waals surface area contributed by atoms with Crippen LogP contribution in [0, 0.1) is 0 Å². The molecule has 2 aliphatic rings. The van der Waals surface area contributed by atoms with Gasteiger partial charge in [-0.25, -0.2) is 4.98 Å². The van der Waals surface area contributed by atoms with E-state index in [0.717, 1.165) is 5.56 Å². The Morgan fingerprint density at radius 2 is 1.23 bits per heavy atom. The highest BCUT2D eigenvalue weighted by Gasteiger charge is 2.39. The van der Waals surface area contributed by atoms with Crippen molar-refractivity contribution in [1.82, 2.24) is 36.5 Å². The number of amides is 7. The number of thiazole rings is 1. The van der Waals surface area contributed by atoms with Crippen LogP contribution >= 0.6 is 23.1 Å². The lowest BCUT2D eigenvalue weighted by atomic mass is 10.0. The van der Waals surface area contributed by atoms with E-state index in [-0.39, 0.29) is 43.7 Å². The van der Waals surface area contributed by atoms with Crippen molar-refractivity contribution in [3.05, 3.63) is 113 Å². The van der Waals surface area contributed by atoms with Gasteiger partial charge in [0, 0.05) is 42.7 Å². The lowest BCUT2D eigenvalue weighted by Gasteiger charge is -2.30. The molecule has 1 saturated heterocycles. The fourth-order valence-corrected chi connectivity index (χ4v) is 9.29. The lowest BCUT2D eigenvalue weighted by molar-refractivity contribution is -0.142. The van der Waals surface area contributed by atoms with E-state index in [1.165, 1.54) is 47.1 Å². The van der Waals surface area contributed by atoms with Crippen LogP contribution in [0.3, 0.4) is 0 Å². The predicted octanol–water partition coefficient (Wildman–Crippen LogP) is 0.517. The van der Waals surface area contributed by atoms with Crippen LogP contribution in [0.1, 0.15) is 42.1 Å². The Labute approximate surface area is 383 Å². The van der Waals surface area contributed by atoms with Gasteiger partial charge >= 0.3 is 0 Å². The first-order valence-corrected chi connectivity index (χ1v) is 23.2. The van der Waals surface area contributed by atoms with Crippen LogP contribution in [0.5, 0.6) is 5.75 Å². The van der Waals surface area contributed by atoms with Crippen LogP contribution in [0.25, 0.3) is 0 Å².